The predicted molar refractivity (Wildman–Crippen MR) is 207 cm³/mol. The van der Waals surface area contributed by atoms with Crippen molar-refractivity contribution in [1.82, 2.24) is 0 Å². The molecule has 4 saturated carbocycles. The van der Waals surface area contributed by atoms with Crippen molar-refractivity contribution in [2.45, 2.75) is 180 Å². The van der Waals surface area contributed by atoms with Gasteiger partial charge in [0, 0.05) is 0 Å². The highest BCUT2D eigenvalue weighted by molar-refractivity contribution is 7.80. The Morgan fingerprint density at radius 1 is 0.783 bits per heavy atom. The van der Waals surface area contributed by atoms with Crippen LogP contribution in [0.1, 0.15) is 106 Å². The van der Waals surface area contributed by atoms with Gasteiger partial charge in [0.05, 0.1) is 25.4 Å². The van der Waals surface area contributed by atoms with Gasteiger partial charge in [0.15, 0.2) is 6.29 Å². The van der Waals surface area contributed by atoms with E-state index in [2.05, 4.69) is 40.7 Å². The molecule has 0 aromatic rings. The molecule has 344 valence electrons. The molecule has 0 spiro atoms. The van der Waals surface area contributed by atoms with Gasteiger partial charge in [0.1, 0.15) is 54.2 Å². The minimum atomic E-state index is -4.90. The lowest BCUT2D eigenvalue weighted by atomic mass is 9.33. The van der Waals surface area contributed by atoms with Crippen molar-refractivity contribution in [3.8, 4) is 0 Å². The first kappa shape index (κ1) is 46.6. The molecule has 0 bridgehead atoms. The number of aliphatic hydroxyl groups is 8. The maximum absolute atomic E-state index is 14.9. The van der Waals surface area contributed by atoms with E-state index in [1.165, 1.54) is 0 Å². The zero-order chi connectivity index (χ0) is 44.3. The summed E-state index contributed by atoms with van der Waals surface area (Å²) in [6, 6.07) is 0. The SMILES string of the molecule is CC1(C)CC[C@]2(C(=O)O[C@@H]3O[C@H](CO[C@@H]4O[C@H](CO)[C@@H](O)[C@H](O)[C@H]4O)[C@@H](O)[C@H](O)[C@H]3O)[C@H](O)C[C@]3(C)C(=CC[C@@H]4[C@@]5(C)CC[C@H](OS(=O)(=O)[O-])C(C)(C)[C@@H]5CC[C@]43C)[C@@H]2C1. The van der Waals surface area contributed by atoms with Gasteiger partial charge in [-0.2, -0.15) is 0 Å². The van der Waals surface area contributed by atoms with Crippen LogP contribution in [0.4, 0.5) is 0 Å². The monoisotopic (exact) mass is 875 g/mol. The molecule has 0 aromatic heterocycles. The van der Waals surface area contributed by atoms with Crippen LogP contribution in [0, 0.1) is 50.2 Å². The minimum absolute atomic E-state index is 0.0561. The molecule has 19 atom stereocenters. The molecule has 0 radical (unpaired) electrons. The predicted octanol–water partition coefficient (Wildman–Crippen LogP) is 0.772. The van der Waals surface area contributed by atoms with Crippen LogP contribution < -0.4 is 0 Å². The fourth-order valence-electron chi connectivity index (χ4n) is 13.8. The van der Waals surface area contributed by atoms with Crippen molar-refractivity contribution in [3.63, 3.8) is 0 Å². The highest BCUT2D eigenvalue weighted by atomic mass is 32.3. The summed E-state index contributed by atoms with van der Waals surface area (Å²) >= 11 is 0. The summed E-state index contributed by atoms with van der Waals surface area (Å²) in [7, 11) is -4.90. The van der Waals surface area contributed by atoms with Gasteiger partial charge in [-0.15, -0.1) is 0 Å². The quantitative estimate of drug-likeness (QED) is 0.0724. The molecule has 2 aliphatic heterocycles. The summed E-state index contributed by atoms with van der Waals surface area (Å²) < 4.78 is 63.2. The topological polar surface area (TPSA) is 282 Å². The van der Waals surface area contributed by atoms with Crippen molar-refractivity contribution in [1.29, 1.82) is 0 Å². The van der Waals surface area contributed by atoms with Crippen LogP contribution >= 0.6 is 0 Å². The Labute approximate surface area is 352 Å². The molecule has 7 rings (SSSR count). The summed E-state index contributed by atoms with van der Waals surface area (Å²) in [4.78, 5) is 14.9. The highest BCUT2D eigenvalue weighted by Gasteiger charge is 2.72. The zero-order valence-electron chi connectivity index (χ0n) is 35.7. The summed E-state index contributed by atoms with van der Waals surface area (Å²) in [5, 5.41) is 85.7. The van der Waals surface area contributed by atoms with Crippen molar-refractivity contribution in [2.24, 2.45) is 50.2 Å². The molecule has 18 heteroatoms. The third-order valence-corrected chi connectivity index (χ3v) is 17.9. The molecule has 6 fully saturated rings. The molecule has 0 aromatic carbocycles. The number of rotatable bonds is 8. The number of hydrogen-bond donors (Lipinski definition) is 8. The first-order chi connectivity index (χ1) is 27.7. The van der Waals surface area contributed by atoms with Crippen molar-refractivity contribution < 1.29 is 81.7 Å². The van der Waals surface area contributed by atoms with Crippen molar-refractivity contribution in [2.75, 3.05) is 13.2 Å². The minimum Gasteiger partial charge on any atom is -0.726 e. The fourth-order valence-corrected chi connectivity index (χ4v) is 14.4. The molecule has 8 N–H and O–H groups in total. The van der Waals surface area contributed by atoms with Crippen LogP contribution in [0.5, 0.6) is 0 Å². The van der Waals surface area contributed by atoms with Gasteiger partial charge in [-0.3, -0.25) is 8.98 Å². The zero-order valence-corrected chi connectivity index (χ0v) is 36.5. The number of hydrogen-bond acceptors (Lipinski definition) is 17. The number of carbonyl (C=O) groups excluding carboxylic acids is 1. The number of carbonyl (C=O) groups is 1. The molecule has 0 unspecified atom stereocenters. The second kappa shape index (κ2) is 15.7. The smallest absolute Gasteiger partial charge is 0.317 e. The molecular weight excluding hydrogens is 809 g/mol. The van der Waals surface area contributed by atoms with Gasteiger partial charge in [-0.1, -0.05) is 60.1 Å². The lowest BCUT2D eigenvalue weighted by Gasteiger charge is -2.71. The number of allylic oxidation sites excluding steroid dienone is 2. The Balaban J connectivity index is 1.15. The van der Waals surface area contributed by atoms with Crippen LogP contribution in [0.3, 0.4) is 0 Å². The first-order valence-corrected chi connectivity index (χ1v) is 22.9. The van der Waals surface area contributed by atoms with Gasteiger partial charge < -0.3 is 64.4 Å². The highest BCUT2D eigenvalue weighted by Crippen LogP contribution is 2.76. The Bertz CT molecular complexity index is 1770. The van der Waals surface area contributed by atoms with Crippen LogP contribution in [0.2, 0.25) is 0 Å². The van der Waals surface area contributed by atoms with Crippen molar-refractivity contribution >= 4 is 16.4 Å². The van der Waals surface area contributed by atoms with Crippen LogP contribution in [-0.2, 0) is 38.3 Å². The van der Waals surface area contributed by atoms with Crippen LogP contribution in [0.25, 0.3) is 0 Å². The van der Waals surface area contributed by atoms with Gasteiger partial charge >= 0.3 is 5.97 Å². The van der Waals surface area contributed by atoms with Gasteiger partial charge in [0.2, 0.25) is 16.7 Å². The second-order valence-corrected chi connectivity index (χ2v) is 22.3. The van der Waals surface area contributed by atoms with E-state index in [1.807, 2.05) is 13.8 Å². The average molecular weight is 876 g/mol. The van der Waals surface area contributed by atoms with E-state index < -0.39 is 125 Å². The van der Waals surface area contributed by atoms with E-state index in [4.69, 9.17) is 23.1 Å². The molecule has 17 nitrogen and oxygen atoms in total. The van der Waals surface area contributed by atoms with Gasteiger partial charge in [-0.05, 0) is 103 Å². The average Bonchev–Trinajstić information content (AvgIpc) is 3.15. The number of aliphatic hydroxyl groups excluding tert-OH is 8. The Morgan fingerprint density at radius 3 is 2.03 bits per heavy atom. The molecule has 2 saturated heterocycles. The molecule has 7 aliphatic rings. The van der Waals surface area contributed by atoms with E-state index in [0.717, 1.165) is 18.4 Å². The maximum atomic E-state index is 14.9. The van der Waals surface area contributed by atoms with E-state index in [9.17, 15) is 58.6 Å². The Morgan fingerprint density at radius 2 is 1.40 bits per heavy atom. The third-order valence-electron chi connectivity index (χ3n) is 17.4. The Hall–Kier alpha value is -1.36. The maximum Gasteiger partial charge on any atom is 0.317 e. The number of ether oxygens (including phenoxy) is 4. The number of fused-ring (bicyclic) bond motifs is 7. The van der Waals surface area contributed by atoms with E-state index in [0.29, 0.717) is 32.1 Å². The number of esters is 1. The Kier molecular flexibility index (Phi) is 12.2. The molecular formula is C42H67O17S-. The first-order valence-electron chi connectivity index (χ1n) is 21.5. The lowest BCUT2D eigenvalue weighted by molar-refractivity contribution is -0.329. The molecule has 5 aliphatic carbocycles. The molecule has 60 heavy (non-hydrogen) atoms. The summed E-state index contributed by atoms with van der Waals surface area (Å²) in [5.74, 6) is -1.09. The van der Waals surface area contributed by atoms with Gasteiger partial charge in [-0.25, -0.2) is 8.42 Å². The molecule has 0 amide bonds. The van der Waals surface area contributed by atoms with E-state index in [-0.39, 0.29) is 40.9 Å². The summed E-state index contributed by atoms with van der Waals surface area (Å²) in [5.41, 5.74) is -2.33. The standard InChI is InChI=1S/C42H68O17S/c1-37(2)14-15-42(36(51)58-35-33(50)31(48)29(46)23(57-35)19-55-34-32(49)30(47)28(45)22(18-43)56-34)21(16-37)20-8-9-25-39(5)12-11-27(59-60(52,53)54)38(3,4)24(39)10-13-40(25,6)41(20,7)17-26(42)44/h8,21-35,43-50H,9-19H2,1-7H3,(H,52,53,54)/p-1/t21-,22+,23+,24-,25+,26+,27-,28+,29+,30-,31-,32+,33+,34+,35-,39-,40+,41+,42+/m0/s1. The van der Waals surface area contributed by atoms with E-state index in [1.54, 1.807) is 0 Å². The third kappa shape index (κ3) is 7.24. The summed E-state index contributed by atoms with van der Waals surface area (Å²) in [6.07, 6.45) is -11.5. The second-order valence-electron chi connectivity index (χ2n) is 21.3. The largest absolute Gasteiger partial charge is 0.726 e. The van der Waals surface area contributed by atoms with Crippen LogP contribution in [-0.4, -0.2) is 147 Å². The lowest BCUT2D eigenvalue weighted by Crippen LogP contribution is -2.68. The fraction of sp³-hybridized carbons (Fsp3) is 0.929. The van der Waals surface area contributed by atoms with Gasteiger partial charge in [0.25, 0.3) is 0 Å². The van der Waals surface area contributed by atoms with Crippen LogP contribution in [0.15, 0.2) is 11.6 Å². The molecule has 2 heterocycles. The summed E-state index contributed by atoms with van der Waals surface area (Å²) in [6.45, 7) is 13.7. The van der Waals surface area contributed by atoms with Crippen molar-refractivity contribution in [3.05, 3.63) is 11.6 Å². The van der Waals surface area contributed by atoms with E-state index >= 15 is 0 Å². The normalized spacial score (nSPS) is 51.2.